The Kier molecular flexibility index (Phi) is 3.46. The van der Waals surface area contributed by atoms with E-state index in [-0.39, 0.29) is 22.1 Å². The molecule has 2 N–H and O–H groups in total. The Morgan fingerprint density at radius 3 is 2.21 bits per heavy atom. The van der Waals surface area contributed by atoms with Gasteiger partial charge in [-0.15, -0.1) is 0 Å². The lowest BCUT2D eigenvalue weighted by molar-refractivity contribution is -0.0327. The van der Waals surface area contributed by atoms with Crippen LogP contribution in [0, 0.1) is 0 Å². The van der Waals surface area contributed by atoms with Gasteiger partial charge in [-0.3, -0.25) is 0 Å². The summed E-state index contributed by atoms with van der Waals surface area (Å²) < 4.78 is 36.0. The molecule has 1 rings (SSSR count). The molecule has 0 unspecified atom stereocenters. The molecule has 1 aromatic carbocycles. The molecular weight excluding hydrogens is 216 g/mol. The molecule has 0 saturated heterocycles. The van der Waals surface area contributed by atoms with Crippen molar-refractivity contribution in [1.29, 1.82) is 0 Å². The second-order valence-electron chi connectivity index (χ2n) is 2.46. The summed E-state index contributed by atoms with van der Waals surface area (Å²) in [5.74, 6) is 0. The lowest BCUT2D eigenvalue weighted by atomic mass is 9.80. The fourth-order valence-electron chi connectivity index (χ4n) is 0.911. The zero-order chi connectivity index (χ0) is 10.8. The van der Waals surface area contributed by atoms with Crippen LogP contribution in [0.15, 0.2) is 29.2 Å². The fourth-order valence-corrected chi connectivity index (χ4v) is 1.60. The van der Waals surface area contributed by atoms with E-state index in [2.05, 4.69) is 0 Å². The van der Waals surface area contributed by atoms with Crippen molar-refractivity contribution in [3.63, 3.8) is 0 Å². The maximum absolute atomic E-state index is 12.0. The summed E-state index contributed by atoms with van der Waals surface area (Å²) in [4.78, 5) is -0.199. The molecule has 0 aliphatic carbocycles. The van der Waals surface area contributed by atoms with Gasteiger partial charge in [0.25, 0.3) is 0 Å². The Bertz CT molecular complexity index is 316. The molecule has 0 fully saturated rings. The van der Waals surface area contributed by atoms with Gasteiger partial charge in [-0.25, -0.2) is 0 Å². The molecule has 0 amide bonds. The minimum Gasteiger partial charge on any atom is -0.423 e. The van der Waals surface area contributed by atoms with Crippen LogP contribution < -0.4 is 5.46 Å². The predicted molar refractivity (Wildman–Crippen MR) is 48.2 cm³/mol. The van der Waals surface area contributed by atoms with Gasteiger partial charge in [0, 0.05) is 4.90 Å². The molecule has 1 aromatic rings. The minimum absolute atomic E-state index is 0.144. The van der Waals surface area contributed by atoms with Gasteiger partial charge in [0.15, 0.2) is 0 Å². The third-order valence-electron chi connectivity index (χ3n) is 1.42. The van der Waals surface area contributed by atoms with Crippen molar-refractivity contribution in [3.05, 3.63) is 24.3 Å². The van der Waals surface area contributed by atoms with E-state index in [0.29, 0.717) is 0 Å². The van der Waals surface area contributed by atoms with Gasteiger partial charge in [-0.1, -0.05) is 18.2 Å². The lowest BCUT2D eigenvalue weighted by Gasteiger charge is -2.09. The minimum atomic E-state index is -4.43. The first-order valence-corrected chi connectivity index (χ1v) is 4.42. The highest BCUT2D eigenvalue weighted by molar-refractivity contribution is 8.00. The topological polar surface area (TPSA) is 40.5 Å². The van der Waals surface area contributed by atoms with Crippen LogP contribution in [0.2, 0.25) is 0 Å². The first kappa shape index (κ1) is 11.4. The fraction of sp³-hybridized carbons (Fsp3) is 0.143. The monoisotopic (exact) mass is 222 g/mol. The van der Waals surface area contributed by atoms with Crippen molar-refractivity contribution in [2.45, 2.75) is 10.4 Å². The number of alkyl halides is 3. The molecule has 0 radical (unpaired) electrons. The Morgan fingerprint density at radius 2 is 1.71 bits per heavy atom. The summed E-state index contributed by atoms with van der Waals surface area (Å²) in [5, 5.41) is 17.6. The summed E-state index contributed by atoms with van der Waals surface area (Å²) in [5.41, 5.74) is -4.57. The maximum atomic E-state index is 12.0. The van der Waals surface area contributed by atoms with Crippen LogP contribution in [-0.2, 0) is 0 Å². The lowest BCUT2D eigenvalue weighted by Crippen LogP contribution is -2.31. The van der Waals surface area contributed by atoms with E-state index in [4.69, 9.17) is 10.0 Å². The number of rotatable bonds is 2. The molecule has 0 aliphatic rings. The van der Waals surface area contributed by atoms with E-state index >= 15 is 0 Å². The SMILES string of the molecule is OB(O)c1ccccc1SC(F)(F)F. The second kappa shape index (κ2) is 4.25. The molecular formula is C7H6BF3O2S. The highest BCUT2D eigenvalue weighted by Gasteiger charge is 2.31. The van der Waals surface area contributed by atoms with Crippen LogP contribution in [-0.4, -0.2) is 22.7 Å². The van der Waals surface area contributed by atoms with Crippen molar-refractivity contribution < 1.29 is 23.2 Å². The first-order chi connectivity index (χ1) is 6.40. The van der Waals surface area contributed by atoms with Crippen molar-refractivity contribution in [1.82, 2.24) is 0 Å². The van der Waals surface area contributed by atoms with E-state index in [0.717, 1.165) is 0 Å². The van der Waals surface area contributed by atoms with Gasteiger partial charge < -0.3 is 10.0 Å². The van der Waals surface area contributed by atoms with E-state index in [1.54, 1.807) is 0 Å². The highest BCUT2D eigenvalue weighted by atomic mass is 32.2. The molecule has 0 heterocycles. The van der Waals surface area contributed by atoms with Gasteiger partial charge in [0.05, 0.1) is 0 Å². The van der Waals surface area contributed by atoms with E-state index in [9.17, 15) is 13.2 Å². The molecule has 2 nitrogen and oxygen atoms in total. The maximum Gasteiger partial charge on any atom is 0.489 e. The number of hydrogen-bond donors (Lipinski definition) is 2. The molecule has 0 aliphatic heterocycles. The predicted octanol–water partition coefficient (Wildman–Crippen LogP) is 0.978. The Hall–Kier alpha value is -0.655. The molecule has 7 heteroatoms. The van der Waals surface area contributed by atoms with Crippen molar-refractivity contribution >= 4 is 24.3 Å². The van der Waals surface area contributed by atoms with Crippen LogP contribution in [0.4, 0.5) is 13.2 Å². The van der Waals surface area contributed by atoms with Crippen LogP contribution in [0.1, 0.15) is 0 Å². The largest absolute Gasteiger partial charge is 0.489 e. The molecule has 0 spiro atoms. The summed E-state index contributed by atoms with van der Waals surface area (Å²) in [6.07, 6.45) is 0. The summed E-state index contributed by atoms with van der Waals surface area (Å²) in [7, 11) is -1.89. The summed E-state index contributed by atoms with van der Waals surface area (Å²) >= 11 is -0.364. The highest BCUT2D eigenvalue weighted by Crippen LogP contribution is 2.35. The molecule has 14 heavy (non-hydrogen) atoms. The van der Waals surface area contributed by atoms with Crippen LogP contribution in [0.3, 0.4) is 0 Å². The van der Waals surface area contributed by atoms with Crippen molar-refractivity contribution in [2.75, 3.05) is 0 Å². The molecule has 0 saturated carbocycles. The first-order valence-electron chi connectivity index (χ1n) is 3.61. The normalized spacial score (nSPS) is 11.5. The standard InChI is InChI=1S/C7H6BF3O2S/c9-7(10,11)14-6-4-2-1-3-5(6)8(12)13/h1-4,12-13H. The van der Waals surface area contributed by atoms with Gasteiger partial charge in [-0.05, 0) is 23.3 Å². The van der Waals surface area contributed by atoms with Crippen LogP contribution >= 0.6 is 11.8 Å². The van der Waals surface area contributed by atoms with Gasteiger partial charge in [0.1, 0.15) is 0 Å². The van der Waals surface area contributed by atoms with Crippen LogP contribution in [0.25, 0.3) is 0 Å². The average molecular weight is 222 g/mol. The van der Waals surface area contributed by atoms with Crippen molar-refractivity contribution in [3.8, 4) is 0 Å². The summed E-state index contributed by atoms with van der Waals surface area (Å²) in [6, 6.07) is 5.26. The number of halogens is 3. The molecule has 76 valence electrons. The quantitative estimate of drug-likeness (QED) is 0.578. The van der Waals surface area contributed by atoms with E-state index in [1.165, 1.54) is 24.3 Å². The average Bonchev–Trinajstić information content (AvgIpc) is 2.01. The second-order valence-corrected chi connectivity index (χ2v) is 3.57. The smallest absolute Gasteiger partial charge is 0.423 e. The third kappa shape index (κ3) is 3.24. The Balaban J connectivity index is 2.96. The van der Waals surface area contributed by atoms with E-state index < -0.39 is 12.6 Å². The van der Waals surface area contributed by atoms with Crippen LogP contribution in [0.5, 0.6) is 0 Å². The molecule has 0 bridgehead atoms. The van der Waals surface area contributed by atoms with Gasteiger partial charge in [-0.2, -0.15) is 13.2 Å². The number of hydrogen-bond acceptors (Lipinski definition) is 3. The Labute approximate surface area is 82.9 Å². The third-order valence-corrected chi connectivity index (χ3v) is 2.25. The molecule has 0 atom stereocenters. The van der Waals surface area contributed by atoms with Crippen molar-refractivity contribution in [2.24, 2.45) is 0 Å². The molecule has 0 aromatic heterocycles. The zero-order valence-corrected chi connectivity index (χ0v) is 7.64. The van der Waals surface area contributed by atoms with E-state index in [1.807, 2.05) is 0 Å². The Morgan fingerprint density at radius 1 is 1.14 bits per heavy atom. The summed E-state index contributed by atoms with van der Waals surface area (Å²) in [6.45, 7) is 0. The van der Waals surface area contributed by atoms with Gasteiger partial charge >= 0.3 is 12.6 Å². The number of thioether (sulfide) groups is 1. The van der Waals surface area contributed by atoms with Gasteiger partial charge in [0.2, 0.25) is 0 Å². The zero-order valence-electron chi connectivity index (χ0n) is 6.82. The number of benzene rings is 1.